The van der Waals surface area contributed by atoms with E-state index in [0.717, 1.165) is 81.6 Å². The molecule has 0 amide bonds. The number of nitrogens with zero attached hydrogens (tertiary/aromatic N) is 6. The summed E-state index contributed by atoms with van der Waals surface area (Å²) in [6.45, 7) is 8.52. The van der Waals surface area contributed by atoms with Crippen LogP contribution in [0.25, 0.3) is 167 Å². The number of aromatic nitrogens is 6. The zero-order valence-corrected chi connectivity index (χ0v) is 77.7. The molecule has 3 heterocycles. The molecule has 11 heteroatoms. The van der Waals surface area contributed by atoms with Crippen molar-refractivity contribution in [1.82, 2.24) is 29.9 Å². The van der Waals surface area contributed by atoms with Gasteiger partial charge in [0.2, 0.25) is 0 Å². The molecule has 22 aromatic rings. The van der Waals surface area contributed by atoms with Gasteiger partial charge in [-0.15, -0.1) is 0 Å². The van der Waals surface area contributed by atoms with Crippen LogP contribution in [0.1, 0.15) is 72.2 Å². The average Bonchev–Trinajstić information content (AvgIpc) is 1.53. The molecule has 0 saturated carbocycles. The van der Waals surface area contributed by atoms with Gasteiger partial charge in [-0.05, 0) is 225 Å². The first-order valence-electron chi connectivity index (χ1n) is 46.4. The fourth-order valence-electron chi connectivity index (χ4n) is 20.6. The first-order valence-corrected chi connectivity index (χ1v) is 47.2. The summed E-state index contributed by atoms with van der Waals surface area (Å²) in [7, 11) is -0.514. The van der Waals surface area contributed by atoms with Crippen LogP contribution >= 0.6 is 15.9 Å². The molecule has 3 radical (unpaired) electrons. The molecule has 3 aliphatic rings. The number of benzene rings is 20. The van der Waals surface area contributed by atoms with Gasteiger partial charge < -0.3 is 9.31 Å². The first kappa shape index (κ1) is 86.4. The maximum Gasteiger partial charge on any atom is 0.495 e. The summed E-state index contributed by atoms with van der Waals surface area (Å²) < 4.78 is 14.6. The molecule has 0 unspecified atom stereocenters. The lowest BCUT2D eigenvalue weighted by Gasteiger charge is -2.34. The SMILES string of the molecule is Brc1ccc(-c2nc(-c3ccccc3)nc(-c3ccccc3)n2)c2ccccc12.CC1(C)OB(c2cc3c(cc2-c2ccc4ccccc4c2)-c2ccccc2C3(c2ccccc2)c2ccccc2)OC1(C)C.[B].c1ccc(-c2nc(-c3ccccc3)nc(-c3ccc(-c4cc5c(cc4-c4ccc6ccccc6c4)-c4ccccc4C5(c4ccccc4)c4ccccc4)c4ccccc34)n2)cc1. The standard InChI is InChI=1S/C60H39N3.C41H35BO2.C25H16BrN3.B/c1-5-20-41(21-6-1)57-61-58(42-22-7-2-8-23-42)63-59(62-57)51-36-35-49(47-29-15-16-30-48(47)51)53-39-56-54(38-52(53)44-34-33-40-19-13-14-24-43(40)37-44)50-31-17-18-32-55(50)60(56,45-25-9-3-10-26-45)46-27-11-4-12-28-46;1-39(2)40(3,4)44-42(43-39)38-27-37-35(26-34(38)30-24-23-28-15-11-12-16-29(28)25-30)33-21-13-14-22-36(33)41(37,31-17-7-5-8-18-31)32-19-9-6-10-20-32;26-22-16-15-21(19-13-7-8-14-20(19)22)25-28-23(17-9-3-1-4-10-17)27-24(29-25)18-11-5-2-6-12-18;/h1-39H;5-27H,1-4H3;1-16H;. The van der Waals surface area contributed by atoms with Crippen molar-refractivity contribution in [1.29, 1.82) is 0 Å². The summed E-state index contributed by atoms with van der Waals surface area (Å²) in [6.07, 6.45) is 0. The van der Waals surface area contributed by atoms with E-state index in [-0.39, 0.29) is 8.41 Å². The van der Waals surface area contributed by atoms with E-state index in [4.69, 9.17) is 39.2 Å². The van der Waals surface area contributed by atoms with Gasteiger partial charge in [0, 0.05) is 46.3 Å². The fraction of sp³-hybridized carbons (Fsp3) is 0.0635. The Morgan fingerprint density at radius 2 is 0.504 bits per heavy atom. The minimum atomic E-state index is -0.548. The van der Waals surface area contributed by atoms with Gasteiger partial charge >= 0.3 is 7.12 Å². The van der Waals surface area contributed by atoms with Crippen LogP contribution in [0.5, 0.6) is 0 Å². The van der Waals surface area contributed by atoms with Crippen LogP contribution in [-0.2, 0) is 20.1 Å². The summed E-state index contributed by atoms with van der Waals surface area (Å²) >= 11 is 3.65. The highest BCUT2D eigenvalue weighted by Gasteiger charge is 2.54. The van der Waals surface area contributed by atoms with Crippen LogP contribution in [0, 0.1) is 0 Å². The first-order chi connectivity index (χ1) is 66.8. The molecule has 1 fully saturated rings. The minimum absolute atomic E-state index is 0. The second kappa shape index (κ2) is 36.1. The van der Waals surface area contributed by atoms with Crippen LogP contribution in [-0.4, -0.2) is 56.6 Å². The minimum Gasteiger partial charge on any atom is -0.399 e. The van der Waals surface area contributed by atoms with Crippen molar-refractivity contribution in [3.63, 3.8) is 0 Å². The van der Waals surface area contributed by atoms with E-state index in [0.29, 0.717) is 34.9 Å². The van der Waals surface area contributed by atoms with Crippen LogP contribution < -0.4 is 5.46 Å². The third-order valence-corrected chi connectivity index (χ3v) is 28.5. The van der Waals surface area contributed by atoms with Crippen molar-refractivity contribution < 1.29 is 9.31 Å². The number of hydrogen-bond donors (Lipinski definition) is 0. The van der Waals surface area contributed by atoms with Gasteiger partial charge in [-0.2, -0.15) is 0 Å². The topological polar surface area (TPSA) is 95.8 Å². The lowest BCUT2D eigenvalue weighted by Crippen LogP contribution is -2.41. The largest absolute Gasteiger partial charge is 0.495 e. The Bertz CT molecular complexity index is 8100. The molecule has 25 rings (SSSR count). The number of rotatable bonds is 14. The predicted molar refractivity (Wildman–Crippen MR) is 569 cm³/mol. The zero-order chi connectivity index (χ0) is 91.5. The number of halogens is 1. The van der Waals surface area contributed by atoms with Gasteiger partial charge in [0.15, 0.2) is 34.9 Å². The van der Waals surface area contributed by atoms with E-state index < -0.39 is 29.2 Å². The Morgan fingerprint density at radius 3 is 0.912 bits per heavy atom. The highest BCUT2D eigenvalue weighted by Crippen LogP contribution is 2.60. The molecule has 20 aromatic carbocycles. The van der Waals surface area contributed by atoms with Crippen LogP contribution in [0.15, 0.2) is 478 Å². The summed E-state index contributed by atoms with van der Waals surface area (Å²) in [5.41, 5.74) is 26.9. The lowest BCUT2D eigenvalue weighted by molar-refractivity contribution is 0.00578. The van der Waals surface area contributed by atoms with E-state index in [9.17, 15) is 0 Å². The van der Waals surface area contributed by atoms with Crippen LogP contribution in [0.3, 0.4) is 0 Å². The van der Waals surface area contributed by atoms with Crippen LogP contribution in [0.4, 0.5) is 0 Å². The quantitative estimate of drug-likeness (QED) is 0.0994. The summed E-state index contributed by atoms with van der Waals surface area (Å²) in [5, 5.41) is 9.31. The molecule has 0 spiro atoms. The summed E-state index contributed by atoms with van der Waals surface area (Å²) in [6, 6.07) is 168. The Kier molecular flexibility index (Phi) is 22.8. The Balaban J connectivity index is 0.000000127. The highest BCUT2D eigenvalue weighted by atomic mass is 79.9. The normalized spacial score (nSPS) is 13.7. The van der Waals surface area contributed by atoms with Crippen molar-refractivity contribution in [2.45, 2.75) is 49.7 Å². The Hall–Kier alpha value is -16.0. The van der Waals surface area contributed by atoms with Crippen molar-refractivity contribution in [2.75, 3.05) is 0 Å². The average molecular weight is 1820 g/mol. The number of hydrogen-bond acceptors (Lipinski definition) is 8. The smallest absolute Gasteiger partial charge is 0.399 e. The Morgan fingerprint density at radius 1 is 0.204 bits per heavy atom. The fourth-order valence-corrected chi connectivity index (χ4v) is 21.1. The maximum absolute atomic E-state index is 6.79. The molecule has 137 heavy (non-hydrogen) atoms. The third kappa shape index (κ3) is 15.4. The molecule has 1 aliphatic heterocycles. The van der Waals surface area contributed by atoms with Gasteiger partial charge in [-0.3, -0.25) is 0 Å². The van der Waals surface area contributed by atoms with E-state index in [2.05, 4.69) is 402 Å². The molecule has 0 bridgehead atoms. The molecule has 2 aromatic heterocycles. The molecule has 0 atom stereocenters. The van der Waals surface area contributed by atoms with Crippen molar-refractivity contribution in [3.05, 3.63) is 522 Å². The third-order valence-electron chi connectivity index (χ3n) is 27.8. The monoisotopic (exact) mass is 1820 g/mol. The highest BCUT2D eigenvalue weighted by molar-refractivity contribution is 9.10. The van der Waals surface area contributed by atoms with E-state index in [1.807, 2.05) is 115 Å². The van der Waals surface area contributed by atoms with E-state index in [1.54, 1.807) is 0 Å². The Labute approximate surface area is 809 Å². The maximum atomic E-state index is 6.79. The molecule has 8 nitrogen and oxygen atoms in total. The molecular formula is C126H90B2BrN6O2. The zero-order valence-electron chi connectivity index (χ0n) is 76.1. The summed E-state index contributed by atoms with van der Waals surface area (Å²) in [4.78, 5) is 29.8. The molecule has 1 saturated heterocycles. The molecular weight excluding hydrogens is 1730 g/mol. The van der Waals surface area contributed by atoms with Crippen molar-refractivity contribution >= 4 is 80.0 Å². The van der Waals surface area contributed by atoms with Gasteiger partial charge in [0.1, 0.15) is 0 Å². The van der Waals surface area contributed by atoms with Gasteiger partial charge in [-0.25, -0.2) is 29.9 Å². The van der Waals surface area contributed by atoms with Gasteiger partial charge in [-0.1, -0.05) is 441 Å². The van der Waals surface area contributed by atoms with Crippen molar-refractivity contribution in [2.24, 2.45) is 0 Å². The lowest BCUT2D eigenvalue weighted by atomic mass is 9.65. The van der Waals surface area contributed by atoms with Gasteiger partial charge in [0.05, 0.1) is 22.0 Å². The van der Waals surface area contributed by atoms with E-state index >= 15 is 0 Å². The second-order valence-corrected chi connectivity index (χ2v) is 37.0. The molecule has 2 aliphatic carbocycles. The number of fused-ring (bicyclic) bond motifs is 10. The van der Waals surface area contributed by atoms with Gasteiger partial charge in [0.25, 0.3) is 0 Å². The molecule has 0 N–H and O–H groups in total. The second-order valence-electron chi connectivity index (χ2n) is 36.1. The van der Waals surface area contributed by atoms with Crippen molar-refractivity contribution in [3.8, 4) is 124 Å². The predicted octanol–water partition coefficient (Wildman–Crippen LogP) is 30.5. The molecule has 649 valence electrons. The summed E-state index contributed by atoms with van der Waals surface area (Å²) in [5.74, 6) is 3.92. The van der Waals surface area contributed by atoms with Crippen LogP contribution in [0.2, 0.25) is 0 Å². The van der Waals surface area contributed by atoms with E-state index in [1.165, 1.54) is 105 Å².